The van der Waals surface area contributed by atoms with Crippen molar-refractivity contribution in [3.05, 3.63) is 71.5 Å². The van der Waals surface area contributed by atoms with E-state index in [0.717, 1.165) is 5.56 Å². The molecule has 0 amide bonds. The van der Waals surface area contributed by atoms with Gasteiger partial charge in [-0.25, -0.2) is 12.8 Å². The van der Waals surface area contributed by atoms with E-state index in [1.807, 2.05) is 43.3 Å². The van der Waals surface area contributed by atoms with E-state index >= 15 is 0 Å². The van der Waals surface area contributed by atoms with E-state index in [9.17, 15) is 12.8 Å². The van der Waals surface area contributed by atoms with Crippen LogP contribution in [-0.4, -0.2) is 43.8 Å². The summed E-state index contributed by atoms with van der Waals surface area (Å²) in [5.41, 5.74) is 1.45. The quantitative estimate of drug-likeness (QED) is 0.821. The van der Waals surface area contributed by atoms with Crippen LogP contribution in [0.5, 0.6) is 0 Å². The largest absolute Gasteiger partial charge is 0.294 e. The first kappa shape index (κ1) is 18.0. The first-order chi connectivity index (χ1) is 12.0. The summed E-state index contributed by atoms with van der Waals surface area (Å²) in [4.78, 5) is 2.13. The minimum Gasteiger partial charge on any atom is -0.294 e. The molecule has 1 aliphatic rings. The second kappa shape index (κ2) is 7.64. The molecule has 0 bridgehead atoms. The Morgan fingerprint density at radius 2 is 1.56 bits per heavy atom. The molecule has 0 radical (unpaired) electrons. The van der Waals surface area contributed by atoms with Gasteiger partial charge in [-0.1, -0.05) is 48.5 Å². The Labute approximate surface area is 148 Å². The van der Waals surface area contributed by atoms with Gasteiger partial charge in [-0.2, -0.15) is 4.31 Å². The smallest absolute Gasteiger partial charge is 0.218 e. The van der Waals surface area contributed by atoms with E-state index in [1.54, 1.807) is 16.4 Å². The highest BCUT2D eigenvalue weighted by molar-refractivity contribution is 7.88. The van der Waals surface area contributed by atoms with Crippen LogP contribution in [0.3, 0.4) is 0 Å². The molecule has 1 aliphatic heterocycles. The number of benzene rings is 2. The molecule has 0 N–H and O–H groups in total. The van der Waals surface area contributed by atoms with Crippen molar-refractivity contribution in [2.75, 3.05) is 26.2 Å². The third kappa shape index (κ3) is 4.26. The highest BCUT2D eigenvalue weighted by Gasteiger charge is 2.29. The third-order valence-electron chi connectivity index (χ3n) is 4.76. The molecular weight excluding hydrogens is 339 g/mol. The summed E-state index contributed by atoms with van der Waals surface area (Å²) in [5.74, 6) is -0.189. The van der Waals surface area contributed by atoms with Gasteiger partial charge in [-0.3, -0.25) is 4.90 Å². The fourth-order valence-corrected chi connectivity index (χ4v) is 4.77. The minimum absolute atomic E-state index is 0.0245. The maximum absolute atomic E-state index is 14.0. The molecule has 1 saturated heterocycles. The lowest BCUT2D eigenvalue weighted by molar-refractivity contribution is 0.143. The maximum Gasteiger partial charge on any atom is 0.218 e. The Morgan fingerprint density at radius 1 is 0.960 bits per heavy atom. The van der Waals surface area contributed by atoms with Crippen LogP contribution >= 0.6 is 0 Å². The zero-order valence-electron chi connectivity index (χ0n) is 14.3. The van der Waals surface area contributed by atoms with Gasteiger partial charge in [0.05, 0.1) is 5.75 Å². The number of sulfonamides is 1. The normalized spacial score (nSPS) is 18.2. The standard InChI is InChI=1S/C19H23FN2O2S/c1-16(18-9-5-6-10-19(18)20)21-11-13-22(14-12-21)25(23,24)15-17-7-3-2-4-8-17/h2-10,16H,11-15H2,1H3. The summed E-state index contributed by atoms with van der Waals surface area (Å²) < 4.78 is 40.7. The van der Waals surface area contributed by atoms with Gasteiger partial charge in [0.1, 0.15) is 5.82 Å². The van der Waals surface area contributed by atoms with Crippen molar-refractivity contribution in [1.82, 2.24) is 9.21 Å². The fraction of sp³-hybridized carbons (Fsp3) is 0.368. The maximum atomic E-state index is 14.0. The van der Waals surface area contributed by atoms with Gasteiger partial charge >= 0.3 is 0 Å². The van der Waals surface area contributed by atoms with Crippen molar-refractivity contribution in [2.24, 2.45) is 0 Å². The Kier molecular flexibility index (Phi) is 5.51. The van der Waals surface area contributed by atoms with Crippen molar-refractivity contribution >= 4 is 10.0 Å². The van der Waals surface area contributed by atoms with Crippen LogP contribution in [0.15, 0.2) is 54.6 Å². The van der Waals surface area contributed by atoms with E-state index in [1.165, 1.54) is 6.07 Å². The van der Waals surface area contributed by atoms with Crippen molar-refractivity contribution in [2.45, 2.75) is 18.7 Å². The van der Waals surface area contributed by atoms with Gasteiger partial charge in [-0.05, 0) is 18.6 Å². The van der Waals surface area contributed by atoms with Crippen molar-refractivity contribution in [3.63, 3.8) is 0 Å². The Morgan fingerprint density at radius 3 is 2.20 bits per heavy atom. The fourth-order valence-electron chi connectivity index (χ4n) is 3.26. The van der Waals surface area contributed by atoms with Gasteiger partial charge in [0.25, 0.3) is 0 Å². The van der Waals surface area contributed by atoms with Crippen molar-refractivity contribution < 1.29 is 12.8 Å². The molecule has 1 heterocycles. The summed E-state index contributed by atoms with van der Waals surface area (Å²) in [5, 5.41) is 0. The molecule has 0 aliphatic carbocycles. The van der Waals surface area contributed by atoms with Gasteiger partial charge in [0.2, 0.25) is 10.0 Å². The summed E-state index contributed by atoms with van der Waals surface area (Å²) in [6.07, 6.45) is 0. The molecule has 0 aromatic heterocycles. The number of halogens is 1. The van der Waals surface area contributed by atoms with E-state index in [-0.39, 0.29) is 17.6 Å². The average molecular weight is 362 g/mol. The molecule has 3 rings (SSSR count). The monoisotopic (exact) mass is 362 g/mol. The first-order valence-corrected chi connectivity index (χ1v) is 10.1. The van der Waals surface area contributed by atoms with Gasteiger partial charge in [0.15, 0.2) is 0 Å². The zero-order valence-corrected chi connectivity index (χ0v) is 15.1. The average Bonchev–Trinajstić information content (AvgIpc) is 2.62. The molecule has 1 unspecified atom stereocenters. The van der Waals surface area contributed by atoms with E-state index in [4.69, 9.17) is 0 Å². The number of nitrogens with zero attached hydrogens (tertiary/aromatic N) is 2. The predicted octanol–water partition coefficient (Wildman–Crippen LogP) is 3.03. The first-order valence-electron chi connectivity index (χ1n) is 8.47. The zero-order chi connectivity index (χ0) is 17.9. The molecule has 2 aromatic carbocycles. The Bertz CT molecular complexity index is 803. The van der Waals surface area contributed by atoms with Crippen molar-refractivity contribution in [3.8, 4) is 0 Å². The predicted molar refractivity (Wildman–Crippen MR) is 97.0 cm³/mol. The molecule has 0 spiro atoms. The SMILES string of the molecule is CC(c1ccccc1F)N1CCN(S(=O)(=O)Cc2ccccc2)CC1. The molecule has 25 heavy (non-hydrogen) atoms. The molecule has 1 atom stereocenters. The van der Waals surface area contributed by atoms with Crippen LogP contribution in [-0.2, 0) is 15.8 Å². The number of hydrogen-bond donors (Lipinski definition) is 0. The lowest BCUT2D eigenvalue weighted by atomic mass is 10.1. The highest BCUT2D eigenvalue weighted by atomic mass is 32.2. The molecule has 134 valence electrons. The third-order valence-corrected chi connectivity index (χ3v) is 6.61. The molecule has 4 nitrogen and oxygen atoms in total. The minimum atomic E-state index is -3.33. The van der Waals surface area contributed by atoms with Gasteiger partial charge in [-0.15, -0.1) is 0 Å². The lowest BCUT2D eigenvalue weighted by Crippen LogP contribution is -2.49. The molecule has 0 saturated carbocycles. The van der Waals surface area contributed by atoms with Crippen LogP contribution in [0.1, 0.15) is 24.1 Å². The number of piperazine rings is 1. The molecule has 1 fully saturated rings. The van der Waals surface area contributed by atoms with E-state index < -0.39 is 10.0 Å². The number of hydrogen-bond acceptors (Lipinski definition) is 3. The molecule has 6 heteroatoms. The van der Waals surface area contributed by atoms with Crippen LogP contribution in [0.2, 0.25) is 0 Å². The Hall–Kier alpha value is -1.76. The summed E-state index contributed by atoms with van der Waals surface area (Å²) in [6, 6.07) is 15.9. The van der Waals surface area contributed by atoms with E-state index in [2.05, 4.69) is 4.90 Å². The van der Waals surface area contributed by atoms with Crippen LogP contribution in [0, 0.1) is 5.82 Å². The molecular formula is C19H23FN2O2S. The van der Waals surface area contributed by atoms with Crippen LogP contribution in [0.4, 0.5) is 4.39 Å². The van der Waals surface area contributed by atoms with Crippen LogP contribution < -0.4 is 0 Å². The van der Waals surface area contributed by atoms with Crippen molar-refractivity contribution in [1.29, 1.82) is 0 Å². The van der Waals surface area contributed by atoms with E-state index in [0.29, 0.717) is 31.7 Å². The lowest BCUT2D eigenvalue weighted by Gasteiger charge is -2.37. The summed E-state index contributed by atoms with van der Waals surface area (Å²) >= 11 is 0. The second-order valence-corrected chi connectivity index (χ2v) is 8.34. The highest BCUT2D eigenvalue weighted by Crippen LogP contribution is 2.25. The second-order valence-electron chi connectivity index (χ2n) is 6.37. The molecule has 2 aromatic rings. The summed E-state index contributed by atoms with van der Waals surface area (Å²) in [6.45, 7) is 4.04. The topological polar surface area (TPSA) is 40.6 Å². The Balaban J connectivity index is 1.62. The van der Waals surface area contributed by atoms with Crippen LogP contribution in [0.25, 0.3) is 0 Å². The van der Waals surface area contributed by atoms with Gasteiger partial charge < -0.3 is 0 Å². The summed E-state index contributed by atoms with van der Waals surface area (Å²) in [7, 11) is -3.33. The number of rotatable bonds is 5. The van der Waals surface area contributed by atoms with Gasteiger partial charge in [0, 0.05) is 37.8 Å².